The minimum Gasteiger partial charge on any atom is -0.480 e. The standard InChI is InChI=1S/C11H13F3N2O2/c1-2-3-8(10(17)18)16-7-4-5-15-9(6-7)11(12,13)14/h4-6,8H,2-3H2,1H3,(H,15,16)(H,17,18). The van der Waals surface area contributed by atoms with Crippen molar-refractivity contribution in [1.29, 1.82) is 0 Å². The highest BCUT2D eigenvalue weighted by molar-refractivity contribution is 5.77. The minimum absolute atomic E-state index is 0.0955. The summed E-state index contributed by atoms with van der Waals surface area (Å²) in [4.78, 5) is 14.1. The molecule has 2 N–H and O–H groups in total. The van der Waals surface area contributed by atoms with Gasteiger partial charge in [-0.3, -0.25) is 4.98 Å². The van der Waals surface area contributed by atoms with Crippen molar-refractivity contribution in [3.8, 4) is 0 Å². The quantitative estimate of drug-likeness (QED) is 0.856. The van der Waals surface area contributed by atoms with Crippen LogP contribution in [0.25, 0.3) is 0 Å². The fraction of sp³-hybridized carbons (Fsp3) is 0.455. The summed E-state index contributed by atoms with van der Waals surface area (Å²) >= 11 is 0. The van der Waals surface area contributed by atoms with E-state index in [1.807, 2.05) is 0 Å². The molecule has 1 unspecified atom stereocenters. The van der Waals surface area contributed by atoms with E-state index in [1.165, 1.54) is 6.07 Å². The predicted octanol–water partition coefficient (Wildman–Crippen LogP) is 2.77. The first kappa shape index (κ1) is 14.3. The summed E-state index contributed by atoms with van der Waals surface area (Å²) in [7, 11) is 0. The lowest BCUT2D eigenvalue weighted by atomic mass is 10.1. The van der Waals surface area contributed by atoms with Gasteiger partial charge < -0.3 is 10.4 Å². The summed E-state index contributed by atoms with van der Waals surface area (Å²) in [5.41, 5.74) is -0.952. The molecule has 1 aromatic rings. The molecule has 100 valence electrons. The number of nitrogens with one attached hydrogen (secondary N) is 1. The van der Waals surface area contributed by atoms with Gasteiger partial charge in [0, 0.05) is 11.9 Å². The van der Waals surface area contributed by atoms with Gasteiger partial charge in [0.2, 0.25) is 0 Å². The number of hydrogen-bond donors (Lipinski definition) is 2. The third-order valence-electron chi connectivity index (χ3n) is 2.27. The molecular formula is C11H13F3N2O2. The third kappa shape index (κ3) is 3.90. The van der Waals surface area contributed by atoms with Crippen LogP contribution in [0, 0.1) is 0 Å². The van der Waals surface area contributed by atoms with Crippen LogP contribution in [-0.4, -0.2) is 22.1 Å². The second-order valence-electron chi connectivity index (χ2n) is 3.75. The van der Waals surface area contributed by atoms with E-state index in [9.17, 15) is 18.0 Å². The molecule has 0 saturated heterocycles. The molecule has 0 bridgehead atoms. The number of carboxylic acid groups (broad SMARTS) is 1. The summed E-state index contributed by atoms with van der Waals surface area (Å²) in [6.45, 7) is 1.80. The number of alkyl halides is 3. The average Bonchev–Trinajstić information content (AvgIpc) is 2.27. The Bertz CT molecular complexity index is 421. The third-order valence-corrected chi connectivity index (χ3v) is 2.27. The Morgan fingerprint density at radius 2 is 2.22 bits per heavy atom. The van der Waals surface area contributed by atoms with Crippen molar-refractivity contribution in [2.24, 2.45) is 0 Å². The Kier molecular flexibility index (Phi) is 4.52. The topological polar surface area (TPSA) is 62.2 Å². The molecule has 0 spiro atoms. The molecule has 1 aromatic heterocycles. The lowest BCUT2D eigenvalue weighted by molar-refractivity contribution is -0.141. The summed E-state index contributed by atoms with van der Waals surface area (Å²) in [6.07, 6.45) is -2.60. The predicted molar refractivity (Wildman–Crippen MR) is 59.2 cm³/mol. The van der Waals surface area contributed by atoms with E-state index in [0.717, 1.165) is 12.3 Å². The number of anilines is 1. The smallest absolute Gasteiger partial charge is 0.433 e. The van der Waals surface area contributed by atoms with Crippen LogP contribution >= 0.6 is 0 Å². The monoisotopic (exact) mass is 262 g/mol. The number of aliphatic carboxylic acids is 1. The number of carboxylic acids is 1. The molecule has 7 heteroatoms. The summed E-state index contributed by atoms with van der Waals surface area (Å²) < 4.78 is 37.2. The van der Waals surface area contributed by atoms with Crippen LogP contribution in [-0.2, 0) is 11.0 Å². The van der Waals surface area contributed by atoms with Gasteiger partial charge in [0.1, 0.15) is 11.7 Å². The van der Waals surface area contributed by atoms with E-state index in [0.29, 0.717) is 12.8 Å². The number of carbonyl (C=O) groups is 1. The second-order valence-corrected chi connectivity index (χ2v) is 3.75. The highest BCUT2D eigenvalue weighted by atomic mass is 19.4. The Labute approximate surface area is 102 Å². The molecule has 18 heavy (non-hydrogen) atoms. The molecule has 0 amide bonds. The molecule has 0 aliphatic carbocycles. The van der Waals surface area contributed by atoms with Gasteiger partial charge >= 0.3 is 12.1 Å². The maximum absolute atomic E-state index is 12.4. The molecule has 0 aliphatic heterocycles. The van der Waals surface area contributed by atoms with E-state index in [-0.39, 0.29) is 5.69 Å². The first-order chi connectivity index (χ1) is 8.34. The lowest BCUT2D eigenvalue weighted by Crippen LogP contribution is -2.29. The molecule has 0 fully saturated rings. The van der Waals surface area contributed by atoms with Gasteiger partial charge in [-0.2, -0.15) is 13.2 Å². The summed E-state index contributed by atoms with van der Waals surface area (Å²) in [5, 5.41) is 11.4. The first-order valence-corrected chi connectivity index (χ1v) is 5.37. The van der Waals surface area contributed by atoms with Crippen LogP contribution in [0.15, 0.2) is 18.3 Å². The number of nitrogens with zero attached hydrogens (tertiary/aromatic N) is 1. The molecule has 0 aromatic carbocycles. The van der Waals surface area contributed by atoms with E-state index >= 15 is 0 Å². The molecule has 0 saturated carbocycles. The zero-order valence-corrected chi connectivity index (χ0v) is 9.66. The minimum atomic E-state index is -4.54. The second kappa shape index (κ2) is 5.70. The molecule has 0 aliphatic rings. The van der Waals surface area contributed by atoms with Crippen LogP contribution in [0.5, 0.6) is 0 Å². The summed E-state index contributed by atoms with van der Waals surface area (Å²) in [5.74, 6) is -1.10. The Morgan fingerprint density at radius 3 is 2.72 bits per heavy atom. The van der Waals surface area contributed by atoms with E-state index in [1.54, 1.807) is 6.92 Å². The molecular weight excluding hydrogens is 249 g/mol. The van der Waals surface area contributed by atoms with Crippen LogP contribution in [0.4, 0.5) is 18.9 Å². The van der Waals surface area contributed by atoms with Gasteiger partial charge in [-0.15, -0.1) is 0 Å². The van der Waals surface area contributed by atoms with Crippen molar-refractivity contribution in [3.05, 3.63) is 24.0 Å². The van der Waals surface area contributed by atoms with E-state index in [2.05, 4.69) is 10.3 Å². The Morgan fingerprint density at radius 1 is 1.56 bits per heavy atom. The van der Waals surface area contributed by atoms with Crippen LogP contribution < -0.4 is 5.32 Å². The Balaban J connectivity index is 2.87. The molecule has 1 heterocycles. The van der Waals surface area contributed by atoms with E-state index in [4.69, 9.17) is 5.11 Å². The fourth-order valence-electron chi connectivity index (χ4n) is 1.42. The fourth-order valence-corrected chi connectivity index (χ4v) is 1.42. The number of pyridine rings is 1. The van der Waals surface area contributed by atoms with Crippen LogP contribution in [0.3, 0.4) is 0 Å². The van der Waals surface area contributed by atoms with Gasteiger partial charge in [0.25, 0.3) is 0 Å². The number of aromatic nitrogens is 1. The van der Waals surface area contributed by atoms with Crippen molar-refractivity contribution in [3.63, 3.8) is 0 Å². The molecule has 1 rings (SSSR count). The lowest BCUT2D eigenvalue weighted by Gasteiger charge is -2.15. The maximum atomic E-state index is 12.4. The SMILES string of the molecule is CCCC(Nc1ccnc(C(F)(F)F)c1)C(=O)O. The normalized spacial score (nSPS) is 13.1. The largest absolute Gasteiger partial charge is 0.480 e. The van der Waals surface area contributed by atoms with Gasteiger partial charge in [-0.25, -0.2) is 4.79 Å². The summed E-state index contributed by atoms with van der Waals surface area (Å²) in [6, 6.07) is 1.20. The van der Waals surface area contributed by atoms with Crippen molar-refractivity contribution in [2.45, 2.75) is 32.0 Å². The van der Waals surface area contributed by atoms with E-state index < -0.39 is 23.9 Å². The molecule has 1 atom stereocenters. The van der Waals surface area contributed by atoms with Crippen LogP contribution in [0.1, 0.15) is 25.5 Å². The van der Waals surface area contributed by atoms with Gasteiger partial charge in [-0.1, -0.05) is 13.3 Å². The highest BCUT2D eigenvalue weighted by Crippen LogP contribution is 2.29. The number of hydrogen-bond acceptors (Lipinski definition) is 3. The van der Waals surface area contributed by atoms with Gasteiger partial charge in [0.15, 0.2) is 0 Å². The average molecular weight is 262 g/mol. The molecule has 4 nitrogen and oxygen atoms in total. The number of rotatable bonds is 5. The first-order valence-electron chi connectivity index (χ1n) is 5.37. The zero-order chi connectivity index (χ0) is 13.8. The van der Waals surface area contributed by atoms with Crippen molar-refractivity contribution >= 4 is 11.7 Å². The van der Waals surface area contributed by atoms with Crippen molar-refractivity contribution in [2.75, 3.05) is 5.32 Å². The number of halogens is 3. The van der Waals surface area contributed by atoms with Crippen LogP contribution in [0.2, 0.25) is 0 Å². The van der Waals surface area contributed by atoms with Gasteiger partial charge in [-0.05, 0) is 18.6 Å². The van der Waals surface area contributed by atoms with Crippen molar-refractivity contribution < 1.29 is 23.1 Å². The maximum Gasteiger partial charge on any atom is 0.433 e. The molecule has 0 radical (unpaired) electrons. The highest BCUT2D eigenvalue weighted by Gasteiger charge is 2.32. The van der Waals surface area contributed by atoms with Crippen molar-refractivity contribution in [1.82, 2.24) is 4.98 Å². The Hall–Kier alpha value is -1.79. The zero-order valence-electron chi connectivity index (χ0n) is 9.66. The van der Waals surface area contributed by atoms with Gasteiger partial charge in [0.05, 0.1) is 0 Å².